The van der Waals surface area contributed by atoms with Gasteiger partial charge >= 0.3 is 0 Å². The van der Waals surface area contributed by atoms with Crippen LogP contribution in [0.1, 0.15) is 26.1 Å². The van der Waals surface area contributed by atoms with Crippen LogP contribution in [-0.4, -0.2) is 44.2 Å². The summed E-state index contributed by atoms with van der Waals surface area (Å²) in [5.41, 5.74) is 5.77. The third-order valence-corrected chi connectivity index (χ3v) is 3.05. The molecule has 0 aliphatic rings. The Morgan fingerprint density at radius 1 is 1.53 bits per heavy atom. The molecule has 6 nitrogen and oxygen atoms in total. The zero-order valence-electron chi connectivity index (χ0n) is 9.93. The van der Waals surface area contributed by atoms with Gasteiger partial charge in [0.15, 0.2) is 5.82 Å². The van der Waals surface area contributed by atoms with Gasteiger partial charge in [0.05, 0.1) is 13.6 Å². The number of nitrogens with zero attached hydrogens (tertiary/aromatic N) is 5. The Morgan fingerprint density at radius 2 is 2.20 bits per heavy atom. The Bertz CT molecular complexity index is 303. The first-order valence-electron chi connectivity index (χ1n) is 5.16. The number of likely N-dealkylation sites (N-methyl/N-ethyl adjacent to an activating group) is 1. The fourth-order valence-corrected chi connectivity index (χ4v) is 1.36. The normalized spacial score (nSPS) is 15.6. The van der Waals surface area contributed by atoms with E-state index in [2.05, 4.69) is 34.2 Å². The number of aromatic nitrogens is 4. The first-order chi connectivity index (χ1) is 7.01. The molecule has 2 N–H and O–H groups in total. The van der Waals surface area contributed by atoms with Gasteiger partial charge in [-0.1, -0.05) is 6.92 Å². The summed E-state index contributed by atoms with van der Waals surface area (Å²) in [4.78, 5) is 3.64. The van der Waals surface area contributed by atoms with Gasteiger partial charge < -0.3 is 5.73 Å². The maximum absolute atomic E-state index is 5.77. The third-order valence-electron chi connectivity index (χ3n) is 3.05. The number of nitrogens with two attached hydrogens (primary N) is 1. The van der Waals surface area contributed by atoms with Gasteiger partial charge in [-0.05, 0) is 25.6 Å². The molecule has 0 fully saturated rings. The average Bonchev–Trinajstić information content (AvgIpc) is 2.62. The van der Waals surface area contributed by atoms with Gasteiger partial charge in [0.25, 0.3) is 0 Å². The predicted octanol–water partition coefficient (Wildman–Crippen LogP) is -0.231. The van der Waals surface area contributed by atoms with Crippen LogP contribution < -0.4 is 5.73 Å². The van der Waals surface area contributed by atoms with Crippen LogP contribution in [0.5, 0.6) is 0 Å². The molecule has 1 atom stereocenters. The molecule has 15 heavy (non-hydrogen) atoms. The molecule has 1 aromatic heterocycles. The lowest BCUT2D eigenvalue weighted by molar-refractivity contribution is 0.128. The number of hydrogen-bond acceptors (Lipinski definition) is 5. The lowest BCUT2D eigenvalue weighted by Gasteiger charge is -2.36. The summed E-state index contributed by atoms with van der Waals surface area (Å²) in [5, 5.41) is 11.9. The van der Waals surface area contributed by atoms with Crippen molar-refractivity contribution in [3.05, 3.63) is 5.82 Å². The fraction of sp³-hybridized carbons (Fsp3) is 0.889. The molecule has 0 saturated heterocycles. The van der Waals surface area contributed by atoms with Crippen LogP contribution in [-0.2, 0) is 13.6 Å². The van der Waals surface area contributed by atoms with Crippen molar-refractivity contribution in [1.82, 2.24) is 25.1 Å². The number of hydrogen-bond donors (Lipinski definition) is 1. The number of rotatable bonds is 5. The van der Waals surface area contributed by atoms with E-state index in [1.807, 2.05) is 7.05 Å². The Labute approximate surface area is 90.4 Å². The third kappa shape index (κ3) is 2.73. The van der Waals surface area contributed by atoms with Crippen LogP contribution in [0, 0.1) is 0 Å². The van der Waals surface area contributed by atoms with Crippen LogP contribution in [0.3, 0.4) is 0 Å². The zero-order chi connectivity index (χ0) is 11.5. The molecule has 1 unspecified atom stereocenters. The summed E-state index contributed by atoms with van der Waals surface area (Å²) in [7, 11) is 3.80. The number of tetrazole rings is 1. The quantitative estimate of drug-likeness (QED) is 0.730. The van der Waals surface area contributed by atoms with Gasteiger partial charge in [-0.2, -0.15) is 4.80 Å². The van der Waals surface area contributed by atoms with Crippen molar-refractivity contribution in [2.45, 2.75) is 32.4 Å². The molecule has 0 aromatic carbocycles. The summed E-state index contributed by atoms with van der Waals surface area (Å²) >= 11 is 0. The topological polar surface area (TPSA) is 72.9 Å². The van der Waals surface area contributed by atoms with Crippen LogP contribution >= 0.6 is 0 Å². The number of aryl methyl sites for hydroxylation is 1. The van der Waals surface area contributed by atoms with E-state index in [1.165, 1.54) is 4.80 Å². The summed E-state index contributed by atoms with van der Waals surface area (Å²) in [5.74, 6) is 0.730. The Hall–Kier alpha value is -1.01. The van der Waals surface area contributed by atoms with Crippen LogP contribution in [0.15, 0.2) is 0 Å². The smallest absolute Gasteiger partial charge is 0.188 e. The van der Waals surface area contributed by atoms with E-state index in [4.69, 9.17) is 5.73 Å². The Kier molecular flexibility index (Phi) is 3.76. The summed E-state index contributed by atoms with van der Waals surface area (Å²) in [6, 6.07) is 0. The molecule has 0 amide bonds. The summed E-state index contributed by atoms with van der Waals surface area (Å²) in [6.45, 7) is 5.58. The second-order valence-corrected chi connectivity index (χ2v) is 4.11. The van der Waals surface area contributed by atoms with Crippen molar-refractivity contribution >= 4 is 0 Å². The minimum Gasteiger partial charge on any atom is -0.329 e. The molecule has 1 rings (SSSR count). The van der Waals surface area contributed by atoms with Crippen LogP contribution in [0.4, 0.5) is 0 Å². The highest BCUT2D eigenvalue weighted by Gasteiger charge is 2.26. The molecule has 0 radical (unpaired) electrons. The molecule has 0 aliphatic heterocycles. The van der Waals surface area contributed by atoms with Gasteiger partial charge in [0, 0.05) is 12.1 Å². The maximum Gasteiger partial charge on any atom is 0.188 e. The molecule has 0 saturated carbocycles. The Balaban J connectivity index is 2.65. The van der Waals surface area contributed by atoms with Gasteiger partial charge in [-0.25, -0.2) is 0 Å². The van der Waals surface area contributed by atoms with Crippen molar-refractivity contribution < 1.29 is 0 Å². The van der Waals surface area contributed by atoms with Crippen molar-refractivity contribution in [2.24, 2.45) is 12.8 Å². The second-order valence-electron chi connectivity index (χ2n) is 4.11. The minimum atomic E-state index is -0.000792. The first-order valence-corrected chi connectivity index (χ1v) is 5.16. The fourth-order valence-electron chi connectivity index (χ4n) is 1.36. The van der Waals surface area contributed by atoms with Gasteiger partial charge in [-0.15, -0.1) is 10.2 Å². The van der Waals surface area contributed by atoms with Crippen LogP contribution in [0.2, 0.25) is 0 Å². The van der Waals surface area contributed by atoms with Crippen LogP contribution in [0.25, 0.3) is 0 Å². The lowest BCUT2D eigenvalue weighted by atomic mass is 9.97. The highest BCUT2D eigenvalue weighted by atomic mass is 15.6. The largest absolute Gasteiger partial charge is 0.329 e. The van der Waals surface area contributed by atoms with Crippen molar-refractivity contribution in [3.8, 4) is 0 Å². The second kappa shape index (κ2) is 4.67. The molecular weight excluding hydrogens is 192 g/mol. The van der Waals surface area contributed by atoms with Crippen molar-refractivity contribution in [1.29, 1.82) is 0 Å². The van der Waals surface area contributed by atoms with Gasteiger partial charge in [0.2, 0.25) is 0 Å². The molecule has 86 valence electrons. The maximum atomic E-state index is 5.77. The molecule has 0 bridgehead atoms. The molecule has 0 aliphatic carbocycles. The van der Waals surface area contributed by atoms with Crippen molar-refractivity contribution in [2.75, 3.05) is 13.6 Å². The molecule has 1 aromatic rings. The zero-order valence-corrected chi connectivity index (χ0v) is 9.93. The molecule has 0 spiro atoms. The predicted molar refractivity (Wildman–Crippen MR) is 58.0 cm³/mol. The van der Waals surface area contributed by atoms with E-state index in [9.17, 15) is 0 Å². The highest BCUT2D eigenvalue weighted by Crippen LogP contribution is 2.17. The first kappa shape index (κ1) is 12.1. The monoisotopic (exact) mass is 212 g/mol. The van der Waals surface area contributed by atoms with Gasteiger partial charge in [-0.3, -0.25) is 4.90 Å². The van der Waals surface area contributed by atoms with E-state index in [1.54, 1.807) is 7.05 Å². The van der Waals surface area contributed by atoms with E-state index in [0.717, 1.165) is 12.2 Å². The van der Waals surface area contributed by atoms with E-state index >= 15 is 0 Å². The lowest BCUT2D eigenvalue weighted by Crippen LogP contribution is -2.48. The Morgan fingerprint density at radius 3 is 2.60 bits per heavy atom. The SMILES string of the molecule is CCC(C)(CN)N(C)Cc1nnn(C)n1. The highest BCUT2D eigenvalue weighted by molar-refractivity contribution is 4.87. The van der Waals surface area contributed by atoms with E-state index < -0.39 is 0 Å². The van der Waals surface area contributed by atoms with Gasteiger partial charge in [0.1, 0.15) is 0 Å². The summed E-state index contributed by atoms with van der Waals surface area (Å²) < 4.78 is 0. The molecule has 1 heterocycles. The molecule has 6 heteroatoms. The average molecular weight is 212 g/mol. The van der Waals surface area contributed by atoms with Crippen molar-refractivity contribution in [3.63, 3.8) is 0 Å². The van der Waals surface area contributed by atoms with E-state index in [-0.39, 0.29) is 5.54 Å². The molecular formula is C9H20N6. The van der Waals surface area contributed by atoms with E-state index in [0.29, 0.717) is 13.1 Å². The summed E-state index contributed by atoms with van der Waals surface area (Å²) in [6.07, 6.45) is 1.00. The minimum absolute atomic E-state index is 0.000792. The standard InChI is InChI=1S/C9H20N6/c1-5-9(2,7-10)14(3)6-8-11-13-15(4)12-8/h5-7,10H2,1-4H3.